The van der Waals surface area contributed by atoms with Crippen LogP contribution in [0.25, 0.3) is 5.69 Å². The molecule has 5 nitrogen and oxygen atoms in total. The van der Waals surface area contributed by atoms with E-state index in [1.807, 2.05) is 24.3 Å². The second-order valence-corrected chi connectivity index (χ2v) is 4.78. The summed E-state index contributed by atoms with van der Waals surface area (Å²) in [4.78, 5) is 15.8. The summed E-state index contributed by atoms with van der Waals surface area (Å²) in [5.74, 6) is 0.154. The molecule has 0 radical (unpaired) electrons. The first-order valence-electron chi connectivity index (χ1n) is 6.65. The second kappa shape index (κ2) is 5.77. The standard InChI is InChI=1S/C15H19N3O2/c1-4-20-15(19)13-14(16)18(9-17-13)12-8-6-5-7-11(12)10(2)3/h5-10H,4,16H2,1-3H3. The van der Waals surface area contributed by atoms with Crippen LogP contribution in [0.2, 0.25) is 0 Å². The summed E-state index contributed by atoms with van der Waals surface area (Å²) in [6.45, 7) is 6.27. The van der Waals surface area contributed by atoms with E-state index in [0.29, 0.717) is 18.3 Å². The summed E-state index contributed by atoms with van der Waals surface area (Å²) < 4.78 is 6.66. The Hall–Kier alpha value is -2.30. The van der Waals surface area contributed by atoms with Crippen molar-refractivity contribution in [3.05, 3.63) is 41.9 Å². The van der Waals surface area contributed by atoms with Gasteiger partial charge in [-0.3, -0.25) is 4.57 Å². The zero-order chi connectivity index (χ0) is 14.7. The lowest BCUT2D eigenvalue weighted by Crippen LogP contribution is -2.10. The zero-order valence-electron chi connectivity index (χ0n) is 12.0. The van der Waals surface area contributed by atoms with Crippen molar-refractivity contribution in [2.24, 2.45) is 0 Å². The van der Waals surface area contributed by atoms with Gasteiger partial charge in [0.05, 0.1) is 12.3 Å². The summed E-state index contributed by atoms with van der Waals surface area (Å²) in [6.07, 6.45) is 1.56. The number of rotatable bonds is 4. The first-order chi connectivity index (χ1) is 9.56. The highest BCUT2D eigenvalue weighted by molar-refractivity contribution is 5.92. The first kappa shape index (κ1) is 14.1. The van der Waals surface area contributed by atoms with Gasteiger partial charge in [0, 0.05) is 0 Å². The fourth-order valence-electron chi connectivity index (χ4n) is 2.10. The number of anilines is 1. The van der Waals surface area contributed by atoms with E-state index in [-0.39, 0.29) is 5.69 Å². The highest BCUT2D eigenvalue weighted by Crippen LogP contribution is 2.26. The lowest BCUT2D eigenvalue weighted by molar-refractivity contribution is 0.0521. The number of imidazole rings is 1. The molecule has 0 bridgehead atoms. The molecule has 0 atom stereocenters. The molecule has 1 aromatic heterocycles. The zero-order valence-corrected chi connectivity index (χ0v) is 12.0. The Kier molecular flexibility index (Phi) is 4.08. The molecule has 5 heteroatoms. The largest absolute Gasteiger partial charge is 0.461 e. The highest BCUT2D eigenvalue weighted by Gasteiger charge is 2.19. The van der Waals surface area contributed by atoms with E-state index in [0.717, 1.165) is 11.3 Å². The number of benzene rings is 1. The number of carbonyl (C=O) groups is 1. The van der Waals surface area contributed by atoms with Crippen molar-refractivity contribution in [3.8, 4) is 5.69 Å². The topological polar surface area (TPSA) is 70.1 Å². The molecule has 2 rings (SSSR count). The van der Waals surface area contributed by atoms with Crippen molar-refractivity contribution in [1.29, 1.82) is 0 Å². The molecule has 20 heavy (non-hydrogen) atoms. The van der Waals surface area contributed by atoms with Crippen LogP contribution < -0.4 is 5.73 Å². The maximum absolute atomic E-state index is 11.8. The Morgan fingerprint density at radius 3 is 2.75 bits per heavy atom. The Labute approximate surface area is 118 Å². The molecule has 0 saturated heterocycles. The molecule has 0 spiro atoms. The lowest BCUT2D eigenvalue weighted by Gasteiger charge is -2.14. The molecule has 2 N–H and O–H groups in total. The molecule has 0 saturated carbocycles. The molecule has 0 aliphatic carbocycles. The molecule has 1 heterocycles. The van der Waals surface area contributed by atoms with Gasteiger partial charge >= 0.3 is 5.97 Å². The summed E-state index contributed by atoms with van der Waals surface area (Å²) >= 11 is 0. The number of esters is 1. The third kappa shape index (κ3) is 2.52. The fourth-order valence-corrected chi connectivity index (χ4v) is 2.10. The van der Waals surface area contributed by atoms with Crippen molar-refractivity contribution >= 4 is 11.8 Å². The van der Waals surface area contributed by atoms with E-state index >= 15 is 0 Å². The van der Waals surface area contributed by atoms with Crippen molar-refractivity contribution in [1.82, 2.24) is 9.55 Å². The molecular formula is C15H19N3O2. The van der Waals surface area contributed by atoms with Crippen LogP contribution in [0.3, 0.4) is 0 Å². The summed E-state index contributed by atoms with van der Waals surface area (Å²) in [7, 11) is 0. The van der Waals surface area contributed by atoms with Crippen LogP contribution in [-0.2, 0) is 4.74 Å². The van der Waals surface area contributed by atoms with E-state index in [4.69, 9.17) is 10.5 Å². The fraction of sp³-hybridized carbons (Fsp3) is 0.333. The second-order valence-electron chi connectivity index (χ2n) is 4.78. The molecule has 0 aliphatic heterocycles. The van der Waals surface area contributed by atoms with Crippen molar-refractivity contribution in [3.63, 3.8) is 0 Å². The number of hydrogen-bond donors (Lipinski definition) is 1. The summed E-state index contributed by atoms with van der Waals surface area (Å²) in [5.41, 5.74) is 8.27. The van der Waals surface area contributed by atoms with Gasteiger partial charge in [-0.05, 0) is 24.5 Å². The summed E-state index contributed by atoms with van der Waals surface area (Å²) in [5, 5.41) is 0. The van der Waals surface area contributed by atoms with Gasteiger partial charge in [0.2, 0.25) is 0 Å². The number of nitrogens with zero attached hydrogens (tertiary/aromatic N) is 2. The molecule has 1 aromatic carbocycles. The molecule has 0 unspecified atom stereocenters. The smallest absolute Gasteiger partial charge is 0.360 e. The van der Waals surface area contributed by atoms with E-state index in [2.05, 4.69) is 18.8 Å². The van der Waals surface area contributed by atoms with Gasteiger partial charge in [0.15, 0.2) is 5.69 Å². The van der Waals surface area contributed by atoms with E-state index in [1.165, 1.54) is 0 Å². The average Bonchev–Trinajstić information content (AvgIpc) is 2.80. The normalized spacial score (nSPS) is 10.8. The van der Waals surface area contributed by atoms with Crippen LogP contribution in [0.4, 0.5) is 5.82 Å². The maximum Gasteiger partial charge on any atom is 0.360 e. The third-order valence-electron chi connectivity index (χ3n) is 3.09. The minimum absolute atomic E-state index is 0.158. The Morgan fingerprint density at radius 1 is 1.40 bits per heavy atom. The van der Waals surface area contributed by atoms with Gasteiger partial charge in [-0.1, -0.05) is 32.0 Å². The highest BCUT2D eigenvalue weighted by atomic mass is 16.5. The molecular weight excluding hydrogens is 254 g/mol. The number of nitrogen functional groups attached to an aromatic ring is 1. The van der Waals surface area contributed by atoms with Crippen LogP contribution in [0, 0.1) is 0 Å². The summed E-state index contributed by atoms with van der Waals surface area (Å²) in [6, 6.07) is 7.93. The molecule has 0 aliphatic rings. The van der Waals surface area contributed by atoms with Gasteiger partial charge in [0.1, 0.15) is 12.1 Å². The van der Waals surface area contributed by atoms with Crippen molar-refractivity contribution in [2.75, 3.05) is 12.3 Å². The Morgan fingerprint density at radius 2 is 2.10 bits per heavy atom. The van der Waals surface area contributed by atoms with Crippen LogP contribution in [0.15, 0.2) is 30.6 Å². The Balaban J connectivity index is 2.48. The minimum atomic E-state index is -0.495. The Bertz CT molecular complexity index is 617. The van der Waals surface area contributed by atoms with Crippen LogP contribution >= 0.6 is 0 Å². The van der Waals surface area contributed by atoms with Crippen LogP contribution in [-0.4, -0.2) is 22.1 Å². The average molecular weight is 273 g/mol. The number of carbonyl (C=O) groups excluding carboxylic acids is 1. The van der Waals surface area contributed by atoms with E-state index < -0.39 is 5.97 Å². The minimum Gasteiger partial charge on any atom is -0.461 e. The van der Waals surface area contributed by atoms with Crippen LogP contribution in [0.5, 0.6) is 0 Å². The van der Waals surface area contributed by atoms with Crippen LogP contribution in [0.1, 0.15) is 42.7 Å². The number of nitrogens with two attached hydrogens (primary N) is 1. The monoisotopic (exact) mass is 273 g/mol. The first-order valence-corrected chi connectivity index (χ1v) is 6.65. The number of para-hydroxylation sites is 1. The third-order valence-corrected chi connectivity index (χ3v) is 3.09. The number of hydrogen-bond acceptors (Lipinski definition) is 4. The maximum atomic E-state index is 11.8. The van der Waals surface area contributed by atoms with Crippen molar-refractivity contribution < 1.29 is 9.53 Å². The SMILES string of the molecule is CCOC(=O)c1ncn(-c2ccccc2C(C)C)c1N. The van der Waals surface area contributed by atoms with Gasteiger partial charge in [-0.25, -0.2) is 9.78 Å². The van der Waals surface area contributed by atoms with Crippen molar-refractivity contribution in [2.45, 2.75) is 26.7 Å². The predicted octanol–water partition coefficient (Wildman–Crippen LogP) is 2.75. The number of ether oxygens (including phenoxy) is 1. The molecule has 2 aromatic rings. The lowest BCUT2D eigenvalue weighted by atomic mass is 10.0. The van der Waals surface area contributed by atoms with Gasteiger partial charge < -0.3 is 10.5 Å². The van der Waals surface area contributed by atoms with Gasteiger partial charge in [-0.2, -0.15) is 0 Å². The molecule has 0 fully saturated rings. The molecule has 0 amide bonds. The van der Waals surface area contributed by atoms with Gasteiger partial charge in [0.25, 0.3) is 0 Å². The number of aromatic nitrogens is 2. The molecule has 106 valence electrons. The van der Waals surface area contributed by atoms with E-state index in [1.54, 1.807) is 17.8 Å². The van der Waals surface area contributed by atoms with E-state index in [9.17, 15) is 4.79 Å². The quantitative estimate of drug-likeness (QED) is 0.869. The predicted molar refractivity (Wildman–Crippen MR) is 78.0 cm³/mol. The van der Waals surface area contributed by atoms with Gasteiger partial charge in [-0.15, -0.1) is 0 Å².